The molecule has 156 valence electrons. The van der Waals surface area contributed by atoms with E-state index in [9.17, 15) is 14.4 Å². The van der Waals surface area contributed by atoms with Crippen molar-refractivity contribution >= 4 is 17.7 Å². The minimum atomic E-state index is -0.264. The number of carbonyl (C=O) groups excluding carboxylic acids is 3. The predicted molar refractivity (Wildman–Crippen MR) is 106 cm³/mol. The fourth-order valence-corrected chi connectivity index (χ4v) is 5.66. The van der Waals surface area contributed by atoms with Crippen LogP contribution in [-0.2, 0) is 14.4 Å². The lowest BCUT2D eigenvalue weighted by atomic mass is 9.89. The average Bonchev–Trinajstić information content (AvgIpc) is 3.46. The highest BCUT2D eigenvalue weighted by molar-refractivity contribution is 5.88. The van der Waals surface area contributed by atoms with Crippen LogP contribution in [0.25, 0.3) is 0 Å². The molecular formula is C22H35N3O3. The maximum Gasteiger partial charge on any atom is 0.245 e. The second-order valence-electron chi connectivity index (χ2n) is 9.28. The van der Waals surface area contributed by atoms with E-state index in [1.807, 2.05) is 16.7 Å². The van der Waals surface area contributed by atoms with Gasteiger partial charge in [-0.25, -0.2) is 0 Å². The summed E-state index contributed by atoms with van der Waals surface area (Å²) in [6, 6.07) is -0.264. The summed E-state index contributed by atoms with van der Waals surface area (Å²) in [5, 5.41) is 0. The quantitative estimate of drug-likeness (QED) is 0.745. The minimum Gasteiger partial charge on any atom is -0.342 e. The van der Waals surface area contributed by atoms with Crippen molar-refractivity contribution in [3.8, 4) is 0 Å². The molecule has 0 radical (unpaired) electrons. The van der Waals surface area contributed by atoms with Crippen molar-refractivity contribution in [2.75, 3.05) is 32.7 Å². The largest absolute Gasteiger partial charge is 0.342 e. The van der Waals surface area contributed by atoms with Gasteiger partial charge in [0.2, 0.25) is 17.7 Å². The van der Waals surface area contributed by atoms with Crippen LogP contribution in [0, 0.1) is 11.3 Å². The first-order valence-corrected chi connectivity index (χ1v) is 11.4. The zero-order valence-electron chi connectivity index (χ0n) is 17.3. The van der Waals surface area contributed by atoms with Crippen LogP contribution in [0.5, 0.6) is 0 Å². The zero-order valence-corrected chi connectivity index (χ0v) is 17.3. The molecule has 4 rings (SSSR count). The Kier molecular flexibility index (Phi) is 5.66. The summed E-state index contributed by atoms with van der Waals surface area (Å²) in [4.78, 5) is 44.1. The Hall–Kier alpha value is -1.59. The van der Waals surface area contributed by atoms with Crippen molar-refractivity contribution < 1.29 is 14.4 Å². The van der Waals surface area contributed by atoms with Gasteiger partial charge in [-0.2, -0.15) is 0 Å². The number of hydrogen-bond donors (Lipinski definition) is 0. The Balaban J connectivity index is 1.32. The topological polar surface area (TPSA) is 60.9 Å². The Morgan fingerprint density at radius 2 is 1.46 bits per heavy atom. The molecule has 4 fully saturated rings. The molecule has 4 aliphatic rings. The third-order valence-corrected chi connectivity index (χ3v) is 7.64. The first kappa shape index (κ1) is 19.7. The van der Waals surface area contributed by atoms with Crippen LogP contribution in [0.4, 0.5) is 0 Å². The van der Waals surface area contributed by atoms with Crippen molar-refractivity contribution in [3.63, 3.8) is 0 Å². The standard InChI is InChI=1S/C22H35N3O3/c1-2-19(26)25-13-7-4-8-18(25)21(28)24-14-9-22(10-15-24)16-17(22)20(27)23-11-5-3-6-12-23/h17-18H,2-16H2,1H3. The summed E-state index contributed by atoms with van der Waals surface area (Å²) in [5.41, 5.74) is 0.150. The fourth-order valence-electron chi connectivity index (χ4n) is 5.66. The number of hydrogen-bond acceptors (Lipinski definition) is 3. The number of nitrogens with zero attached hydrogens (tertiary/aromatic N) is 3. The van der Waals surface area contributed by atoms with Gasteiger partial charge in [-0.15, -0.1) is 0 Å². The third-order valence-electron chi connectivity index (χ3n) is 7.64. The van der Waals surface area contributed by atoms with E-state index in [4.69, 9.17) is 0 Å². The summed E-state index contributed by atoms with van der Waals surface area (Å²) in [5.74, 6) is 0.791. The van der Waals surface area contributed by atoms with Gasteiger partial charge < -0.3 is 14.7 Å². The molecule has 0 aromatic heterocycles. The molecule has 6 nitrogen and oxygen atoms in total. The van der Waals surface area contributed by atoms with Gasteiger partial charge in [-0.3, -0.25) is 14.4 Å². The van der Waals surface area contributed by atoms with Crippen LogP contribution in [0.15, 0.2) is 0 Å². The van der Waals surface area contributed by atoms with Crippen LogP contribution in [-0.4, -0.2) is 71.2 Å². The van der Waals surface area contributed by atoms with Gasteiger partial charge in [0.15, 0.2) is 0 Å². The normalized spacial score (nSPS) is 29.7. The van der Waals surface area contributed by atoms with Gasteiger partial charge in [-0.1, -0.05) is 6.92 Å². The maximum absolute atomic E-state index is 13.1. The molecule has 2 atom stereocenters. The van der Waals surface area contributed by atoms with E-state index in [-0.39, 0.29) is 29.2 Å². The van der Waals surface area contributed by atoms with Crippen LogP contribution in [0.3, 0.4) is 0 Å². The van der Waals surface area contributed by atoms with Gasteiger partial charge in [0, 0.05) is 45.1 Å². The molecule has 3 heterocycles. The monoisotopic (exact) mass is 389 g/mol. The molecule has 3 saturated heterocycles. The molecule has 2 unspecified atom stereocenters. The lowest BCUT2D eigenvalue weighted by Crippen LogP contribution is -2.54. The number of amides is 3. The van der Waals surface area contributed by atoms with E-state index < -0.39 is 0 Å². The van der Waals surface area contributed by atoms with Crippen molar-refractivity contribution in [3.05, 3.63) is 0 Å². The number of carbonyl (C=O) groups is 3. The number of piperidine rings is 3. The van der Waals surface area contributed by atoms with E-state index in [2.05, 4.69) is 4.90 Å². The van der Waals surface area contributed by atoms with E-state index >= 15 is 0 Å². The highest BCUT2D eigenvalue weighted by atomic mass is 16.2. The van der Waals surface area contributed by atoms with Gasteiger partial charge in [0.25, 0.3) is 0 Å². The Labute approximate surface area is 168 Å². The summed E-state index contributed by atoms with van der Waals surface area (Å²) >= 11 is 0. The number of rotatable bonds is 3. The molecule has 3 aliphatic heterocycles. The average molecular weight is 390 g/mol. The highest BCUT2D eigenvalue weighted by Gasteiger charge is 2.59. The van der Waals surface area contributed by atoms with Crippen LogP contribution >= 0.6 is 0 Å². The fraction of sp³-hybridized carbons (Fsp3) is 0.864. The minimum absolute atomic E-state index is 0.0981. The van der Waals surface area contributed by atoms with Crippen LogP contribution in [0.1, 0.15) is 71.1 Å². The Bertz CT molecular complexity index is 621. The van der Waals surface area contributed by atoms with E-state index in [0.29, 0.717) is 18.9 Å². The SMILES string of the molecule is CCC(=O)N1CCCCC1C(=O)N1CCC2(CC1)CC2C(=O)N1CCCCC1. The first-order chi connectivity index (χ1) is 13.6. The second-order valence-corrected chi connectivity index (χ2v) is 9.28. The smallest absolute Gasteiger partial charge is 0.245 e. The van der Waals surface area contributed by atoms with Crippen molar-refractivity contribution in [2.45, 2.75) is 77.2 Å². The first-order valence-electron chi connectivity index (χ1n) is 11.4. The predicted octanol–water partition coefficient (Wildman–Crippen LogP) is 2.42. The Morgan fingerprint density at radius 3 is 2.14 bits per heavy atom. The van der Waals surface area contributed by atoms with Gasteiger partial charge in [0.1, 0.15) is 6.04 Å². The second kappa shape index (κ2) is 8.03. The van der Waals surface area contributed by atoms with E-state index in [0.717, 1.165) is 77.5 Å². The highest BCUT2D eigenvalue weighted by Crippen LogP contribution is 2.60. The molecule has 6 heteroatoms. The van der Waals surface area contributed by atoms with Crippen LogP contribution in [0.2, 0.25) is 0 Å². The molecule has 0 aromatic rings. The summed E-state index contributed by atoms with van der Waals surface area (Å²) in [6.45, 7) is 5.93. The summed E-state index contributed by atoms with van der Waals surface area (Å²) in [6.07, 6.45) is 9.70. The molecule has 0 N–H and O–H groups in total. The summed E-state index contributed by atoms with van der Waals surface area (Å²) < 4.78 is 0. The van der Waals surface area contributed by atoms with Crippen LogP contribution < -0.4 is 0 Å². The molecule has 0 bridgehead atoms. The van der Waals surface area contributed by atoms with Gasteiger partial charge in [0.05, 0.1) is 0 Å². The summed E-state index contributed by atoms with van der Waals surface area (Å²) in [7, 11) is 0. The zero-order chi connectivity index (χ0) is 19.7. The van der Waals surface area contributed by atoms with Crippen molar-refractivity contribution in [1.29, 1.82) is 0 Å². The van der Waals surface area contributed by atoms with E-state index in [1.54, 1.807) is 0 Å². The van der Waals surface area contributed by atoms with Gasteiger partial charge >= 0.3 is 0 Å². The Morgan fingerprint density at radius 1 is 0.821 bits per heavy atom. The molecule has 3 amide bonds. The third kappa shape index (κ3) is 3.67. The lowest BCUT2D eigenvalue weighted by Gasteiger charge is -2.40. The van der Waals surface area contributed by atoms with Crippen molar-refractivity contribution in [2.24, 2.45) is 11.3 Å². The lowest BCUT2D eigenvalue weighted by molar-refractivity contribution is -0.148. The number of likely N-dealkylation sites (tertiary alicyclic amines) is 3. The van der Waals surface area contributed by atoms with E-state index in [1.165, 1.54) is 6.42 Å². The molecule has 1 spiro atoms. The van der Waals surface area contributed by atoms with Crippen molar-refractivity contribution in [1.82, 2.24) is 14.7 Å². The molecule has 0 aromatic carbocycles. The molecule has 28 heavy (non-hydrogen) atoms. The molecule has 1 aliphatic carbocycles. The molecule has 1 saturated carbocycles. The maximum atomic E-state index is 13.1. The molecular weight excluding hydrogens is 354 g/mol. The van der Waals surface area contributed by atoms with Gasteiger partial charge in [-0.05, 0) is 63.2 Å².